The Bertz CT molecular complexity index is 334. The van der Waals surface area contributed by atoms with E-state index >= 15 is 0 Å². The molecule has 0 saturated heterocycles. The summed E-state index contributed by atoms with van der Waals surface area (Å²) in [6.45, 7) is 6.09. The molecule has 21 heavy (non-hydrogen) atoms. The van der Waals surface area contributed by atoms with E-state index in [4.69, 9.17) is 4.74 Å². The third-order valence-electron chi connectivity index (χ3n) is 3.77. The number of ether oxygens (including phenoxy) is 1. The first-order valence-electron chi connectivity index (χ1n) is 8.83. The van der Waals surface area contributed by atoms with E-state index in [1.807, 2.05) is 19.1 Å². The zero-order valence-electron chi connectivity index (χ0n) is 14.0. The van der Waals surface area contributed by atoms with Crippen molar-refractivity contribution in [1.29, 1.82) is 0 Å². The highest BCUT2D eigenvalue weighted by atomic mass is 16.5. The van der Waals surface area contributed by atoms with Crippen molar-refractivity contribution in [2.24, 2.45) is 0 Å². The van der Waals surface area contributed by atoms with E-state index < -0.39 is 0 Å². The molecule has 1 rings (SSSR count). The van der Waals surface area contributed by atoms with Crippen LogP contribution in [0.1, 0.15) is 71.6 Å². The number of anilines is 1. The fourth-order valence-corrected chi connectivity index (χ4v) is 2.50. The van der Waals surface area contributed by atoms with Crippen molar-refractivity contribution >= 4 is 5.69 Å². The Kier molecular flexibility index (Phi) is 10.7. The highest BCUT2D eigenvalue weighted by Crippen LogP contribution is 2.16. The minimum absolute atomic E-state index is 0.727. The summed E-state index contributed by atoms with van der Waals surface area (Å²) in [5, 5.41) is 3.48. The summed E-state index contributed by atoms with van der Waals surface area (Å²) in [5.74, 6) is 0.950. The zero-order chi connectivity index (χ0) is 15.2. The van der Waals surface area contributed by atoms with Gasteiger partial charge in [0.05, 0.1) is 6.61 Å². The van der Waals surface area contributed by atoms with E-state index in [1.54, 1.807) is 0 Å². The number of hydrogen-bond acceptors (Lipinski definition) is 2. The molecule has 0 heterocycles. The normalized spacial score (nSPS) is 10.6. The number of hydrogen-bond donors (Lipinski definition) is 1. The minimum atomic E-state index is 0.727. The second kappa shape index (κ2) is 12.6. The Morgan fingerprint density at radius 3 is 1.90 bits per heavy atom. The molecule has 2 heteroatoms. The van der Waals surface area contributed by atoms with Gasteiger partial charge in [0.1, 0.15) is 5.75 Å². The Hall–Kier alpha value is -1.18. The van der Waals surface area contributed by atoms with E-state index in [-0.39, 0.29) is 0 Å². The van der Waals surface area contributed by atoms with Crippen LogP contribution in [-0.2, 0) is 0 Å². The molecule has 0 aliphatic rings. The van der Waals surface area contributed by atoms with Gasteiger partial charge in [-0.15, -0.1) is 0 Å². The van der Waals surface area contributed by atoms with Gasteiger partial charge in [-0.3, -0.25) is 0 Å². The van der Waals surface area contributed by atoms with Crippen LogP contribution < -0.4 is 10.1 Å². The first-order valence-corrected chi connectivity index (χ1v) is 8.83. The Labute approximate surface area is 131 Å². The summed E-state index contributed by atoms with van der Waals surface area (Å²) in [5.41, 5.74) is 1.19. The maximum atomic E-state index is 5.44. The number of benzene rings is 1. The largest absolute Gasteiger partial charge is 0.494 e. The van der Waals surface area contributed by atoms with Crippen LogP contribution in [0.5, 0.6) is 5.75 Å². The SMILES string of the molecule is CCCCCCCCCCCNc1ccc(OCC)cc1. The van der Waals surface area contributed by atoms with Crippen molar-refractivity contribution < 1.29 is 4.74 Å². The minimum Gasteiger partial charge on any atom is -0.494 e. The molecule has 0 unspecified atom stereocenters. The van der Waals surface area contributed by atoms with Gasteiger partial charge in [0, 0.05) is 12.2 Å². The summed E-state index contributed by atoms with van der Waals surface area (Å²) in [6, 6.07) is 8.25. The molecule has 0 bridgehead atoms. The maximum Gasteiger partial charge on any atom is 0.119 e. The number of unbranched alkanes of at least 4 members (excludes halogenated alkanes) is 8. The lowest BCUT2D eigenvalue weighted by Gasteiger charge is -2.08. The van der Waals surface area contributed by atoms with E-state index in [0.29, 0.717) is 0 Å². The molecule has 0 saturated carbocycles. The average Bonchev–Trinajstić information content (AvgIpc) is 2.51. The molecule has 1 N–H and O–H groups in total. The Morgan fingerprint density at radius 1 is 0.762 bits per heavy atom. The monoisotopic (exact) mass is 291 g/mol. The third-order valence-corrected chi connectivity index (χ3v) is 3.77. The lowest BCUT2D eigenvalue weighted by atomic mass is 10.1. The van der Waals surface area contributed by atoms with E-state index in [0.717, 1.165) is 18.9 Å². The molecular weight excluding hydrogens is 258 g/mol. The fraction of sp³-hybridized carbons (Fsp3) is 0.684. The van der Waals surface area contributed by atoms with Gasteiger partial charge in [-0.2, -0.15) is 0 Å². The summed E-state index contributed by atoms with van der Waals surface area (Å²) in [7, 11) is 0. The van der Waals surface area contributed by atoms with E-state index in [1.165, 1.54) is 63.5 Å². The molecule has 120 valence electrons. The smallest absolute Gasteiger partial charge is 0.119 e. The van der Waals surface area contributed by atoms with Gasteiger partial charge in [-0.05, 0) is 37.6 Å². The first kappa shape index (κ1) is 17.9. The van der Waals surface area contributed by atoms with Gasteiger partial charge >= 0.3 is 0 Å². The molecule has 0 amide bonds. The molecule has 1 aromatic carbocycles. The van der Waals surface area contributed by atoms with Crippen LogP contribution in [0.25, 0.3) is 0 Å². The molecule has 0 aromatic heterocycles. The van der Waals surface area contributed by atoms with Crippen LogP contribution in [0.2, 0.25) is 0 Å². The van der Waals surface area contributed by atoms with Crippen LogP contribution in [0, 0.1) is 0 Å². The van der Waals surface area contributed by atoms with Crippen molar-refractivity contribution in [1.82, 2.24) is 0 Å². The van der Waals surface area contributed by atoms with Crippen molar-refractivity contribution in [3.63, 3.8) is 0 Å². The highest BCUT2D eigenvalue weighted by Gasteiger charge is 1.95. The van der Waals surface area contributed by atoms with Gasteiger partial charge in [0.2, 0.25) is 0 Å². The Balaban J connectivity index is 1.94. The van der Waals surface area contributed by atoms with Crippen molar-refractivity contribution in [3.8, 4) is 5.75 Å². The van der Waals surface area contributed by atoms with Crippen LogP contribution in [-0.4, -0.2) is 13.2 Å². The van der Waals surface area contributed by atoms with Crippen LogP contribution in [0.3, 0.4) is 0 Å². The second-order valence-corrected chi connectivity index (χ2v) is 5.71. The molecule has 2 nitrogen and oxygen atoms in total. The van der Waals surface area contributed by atoms with Crippen LogP contribution >= 0.6 is 0 Å². The van der Waals surface area contributed by atoms with Crippen molar-refractivity contribution in [2.75, 3.05) is 18.5 Å². The van der Waals surface area contributed by atoms with Gasteiger partial charge in [0.25, 0.3) is 0 Å². The average molecular weight is 291 g/mol. The predicted octanol–water partition coefficient (Wildman–Crippen LogP) is 6.03. The van der Waals surface area contributed by atoms with Gasteiger partial charge < -0.3 is 10.1 Å². The van der Waals surface area contributed by atoms with Crippen molar-refractivity contribution in [3.05, 3.63) is 24.3 Å². The summed E-state index contributed by atoms with van der Waals surface area (Å²) < 4.78 is 5.44. The fourth-order valence-electron chi connectivity index (χ4n) is 2.50. The standard InChI is InChI=1S/C19H33NO/c1-3-5-6-7-8-9-10-11-12-17-20-18-13-15-19(16-14-18)21-4-2/h13-16,20H,3-12,17H2,1-2H3. The van der Waals surface area contributed by atoms with Crippen LogP contribution in [0.4, 0.5) is 5.69 Å². The third kappa shape index (κ3) is 9.38. The maximum absolute atomic E-state index is 5.44. The lowest BCUT2D eigenvalue weighted by molar-refractivity contribution is 0.340. The molecule has 0 fully saturated rings. The summed E-state index contributed by atoms with van der Waals surface area (Å²) in [4.78, 5) is 0. The second-order valence-electron chi connectivity index (χ2n) is 5.71. The first-order chi connectivity index (χ1) is 10.4. The van der Waals surface area contributed by atoms with Gasteiger partial charge in [-0.25, -0.2) is 0 Å². The lowest BCUT2D eigenvalue weighted by Crippen LogP contribution is -2.01. The molecule has 0 atom stereocenters. The summed E-state index contributed by atoms with van der Waals surface area (Å²) >= 11 is 0. The molecule has 0 aliphatic heterocycles. The predicted molar refractivity (Wildman–Crippen MR) is 93.3 cm³/mol. The van der Waals surface area contributed by atoms with E-state index in [9.17, 15) is 0 Å². The van der Waals surface area contributed by atoms with Crippen LogP contribution in [0.15, 0.2) is 24.3 Å². The number of nitrogens with one attached hydrogen (secondary N) is 1. The zero-order valence-corrected chi connectivity index (χ0v) is 14.0. The van der Waals surface area contributed by atoms with Crippen molar-refractivity contribution in [2.45, 2.75) is 71.6 Å². The quantitative estimate of drug-likeness (QED) is 0.448. The van der Waals surface area contributed by atoms with Gasteiger partial charge in [-0.1, -0.05) is 58.3 Å². The molecule has 1 aromatic rings. The molecular formula is C19H33NO. The van der Waals surface area contributed by atoms with E-state index in [2.05, 4.69) is 24.4 Å². The number of rotatable bonds is 13. The highest BCUT2D eigenvalue weighted by molar-refractivity contribution is 5.46. The Morgan fingerprint density at radius 2 is 1.33 bits per heavy atom. The molecule has 0 aliphatic carbocycles. The summed E-state index contributed by atoms with van der Waals surface area (Å²) in [6.07, 6.45) is 12.4. The topological polar surface area (TPSA) is 21.3 Å². The molecule has 0 spiro atoms. The molecule has 0 radical (unpaired) electrons. The van der Waals surface area contributed by atoms with Gasteiger partial charge in [0.15, 0.2) is 0 Å².